The molecule has 1 fully saturated rings. The van der Waals surface area contributed by atoms with E-state index >= 15 is 0 Å². The number of aldehydes is 1. The number of nitrogens with zero attached hydrogens (tertiary/aromatic N) is 2. The van der Waals surface area contributed by atoms with E-state index in [0.717, 1.165) is 31.5 Å². The lowest BCUT2D eigenvalue weighted by molar-refractivity contribution is 0.111. The lowest BCUT2D eigenvalue weighted by atomic mass is 10.1. The highest BCUT2D eigenvalue weighted by Crippen LogP contribution is 2.24. The van der Waals surface area contributed by atoms with E-state index in [2.05, 4.69) is 21.9 Å². The van der Waals surface area contributed by atoms with Gasteiger partial charge >= 0.3 is 0 Å². The third kappa shape index (κ3) is 1.62. The van der Waals surface area contributed by atoms with E-state index in [-0.39, 0.29) is 0 Å². The molecule has 0 saturated carbocycles. The topological polar surface area (TPSA) is 49.0 Å². The van der Waals surface area contributed by atoms with Crippen LogP contribution in [0.2, 0.25) is 0 Å². The number of hydrogen-bond donors (Lipinski definition) is 1. The number of aromatic nitrogens is 2. The van der Waals surface area contributed by atoms with E-state index in [4.69, 9.17) is 0 Å². The predicted octanol–water partition coefficient (Wildman–Crippen LogP) is 0.641. The summed E-state index contributed by atoms with van der Waals surface area (Å²) in [5.41, 5.74) is 1.09. The molecule has 1 N–H and O–H groups in total. The first-order valence-corrected chi connectivity index (χ1v) is 4.48. The van der Waals surface area contributed by atoms with Crippen LogP contribution in [0, 0.1) is 0 Å². The van der Waals surface area contributed by atoms with Crippen LogP contribution in [0.3, 0.4) is 0 Å². The van der Waals surface area contributed by atoms with E-state index in [1.807, 2.05) is 0 Å². The van der Waals surface area contributed by atoms with E-state index in [9.17, 15) is 4.79 Å². The van der Waals surface area contributed by atoms with Gasteiger partial charge in [0.25, 0.3) is 0 Å². The van der Waals surface area contributed by atoms with Crippen LogP contribution in [0.1, 0.15) is 28.7 Å². The van der Waals surface area contributed by atoms with Gasteiger partial charge in [-0.3, -0.25) is 4.79 Å². The molecule has 0 radical (unpaired) electrons. The van der Waals surface area contributed by atoms with Crippen molar-refractivity contribution in [3.05, 3.63) is 17.7 Å². The van der Waals surface area contributed by atoms with Crippen molar-refractivity contribution in [1.29, 1.82) is 0 Å². The van der Waals surface area contributed by atoms with Crippen LogP contribution in [-0.4, -0.2) is 41.3 Å². The van der Waals surface area contributed by atoms with Crippen molar-refractivity contribution in [3.8, 4) is 0 Å². The second kappa shape index (κ2) is 3.30. The summed E-state index contributed by atoms with van der Waals surface area (Å²) in [6, 6.07) is 0. The number of aromatic amines is 1. The van der Waals surface area contributed by atoms with Gasteiger partial charge in [0.15, 0.2) is 12.1 Å². The molecular formula is C9H13N3O. The Kier molecular flexibility index (Phi) is 2.14. The van der Waals surface area contributed by atoms with E-state index in [0.29, 0.717) is 11.7 Å². The summed E-state index contributed by atoms with van der Waals surface area (Å²) >= 11 is 0. The minimum atomic E-state index is 0.435. The molecule has 0 bridgehead atoms. The van der Waals surface area contributed by atoms with Crippen molar-refractivity contribution >= 4 is 6.29 Å². The zero-order chi connectivity index (χ0) is 9.26. The van der Waals surface area contributed by atoms with Gasteiger partial charge < -0.3 is 9.88 Å². The summed E-state index contributed by atoms with van der Waals surface area (Å²) in [6.07, 6.45) is 3.67. The smallest absolute Gasteiger partial charge is 0.185 e. The number of rotatable bonds is 2. The van der Waals surface area contributed by atoms with E-state index < -0.39 is 0 Å². The molecule has 4 heteroatoms. The molecule has 2 heterocycles. The van der Waals surface area contributed by atoms with Crippen LogP contribution in [-0.2, 0) is 0 Å². The van der Waals surface area contributed by atoms with Crippen molar-refractivity contribution in [2.45, 2.75) is 12.3 Å². The average Bonchev–Trinajstić information content (AvgIpc) is 2.71. The first-order valence-electron chi connectivity index (χ1n) is 4.48. The molecule has 4 nitrogen and oxygen atoms in total. The monoisotopic (exact) mass is 179 g/mol. The maximum absolute atomic E-state index is 10.4. The number of carbonyl (C=O) groups excluding carboxylic acids is 1. The van der Waals surface area contributed by atoms with Gasteiger partial charge in [0.2, 0.25) is 0 Å². The van der Waals surface area contributed by atoms with Gasteiger partial charge in [-0.05, 0) is 20.0 Å². The molecule has 1 aliphatic heterocycles. The standard InChI is InChI=1S/C9H13N3O/c1-12-3-2-7(5-12)8-4-10-9(6-13)11-8/h4,6-7H,2-3,5H2,1H3,(H,10,11). The van der Waals surface area contributed by atoms with Gasteiger partial charge in [0, 0.05) is 24.4 Å². The SMILES string of the molecule is CN1CCC(c2cnc(C=O)[nH]2)C1. The van der Waals surface area contributed by atoms with Crippen LogP contribution in [0.25, 0.3) is 0 Å². The highest BCUT2D eigenvalue weighted by molar-refractivity contribution is 5.68. The first kappa shape index (κ1) is 8.44. The largest absolute Gasteiger partial charge is 0.339 e. The van der Waals surface area contributed by atoms with Crippen molar-refractivity contribution in [2.75, 3.05) is 20.1 Å². The zero-order valence-electron chi connectivity index (χ0n) is 7.66. The van der Waals surface area contributed by atoms with Crippen molar-refractivity contribution in [3.63, 3.8) is 0 Å². The molecule has 0 aromatic carbocycles. The summed E-state index contributed by atoms with van der Waals surface area (Å²) in [6.45, 7) is 2.18. The number of likely N-dealkylation sites (tertiary alicyclic amines) is 1. The van der Waals surface area contributed by atoms with Crippen molar-refractivity contribution in [2.24, 2.45) is 0 Å². The second-order valence-corrected chi connectivity index (χ2v) is 3.59. The van der Waals surface area contributed by atoms with Gasteiger partial charge in [-0.2, -0.15) is 0 Å². The number of likely N-dealkylation sites (N-methyl/N-ethyl adjacent to an activating group) is 1. The Balaban J connectivity index is 2.12. The summed E-state index contributed by atoms with van der Waals surface area (Å²) in [7, 11) is 2.11. The maximum Gasteiger partial charge on any atom is 0.185 e. The van der Waals surface area contributed by atoms with Gasteiger partial charge in [0.1, 0.15) is 0 Å². The van der Waals surface area contributed by atoms with Crippen LogP contribution in [0.5, 0.6) is 0 Å². The Bertz CT molecular complexity index is 308. The fourth-order valence-electron chi connectivity index (χ4n) is 1.81. The Hall–Kier alpha value is -1.16. The minimum absolute atomic E-state index is 0.435. The van der Waals surface area contributed by atoms with Gasteiger partial charge in [0.05, 0.1) is 0 Å². The molecule has 1 aromatic heterocycles. The van der Waals surface area contributed by atoms with E-state index in [1.54, 1.807) is 6.20 Å². The molecule has 1 aliphatic rings. The van der Waals surface area contributed by atoms with Crippen molar-refractivity contribution in [1.82, 2.24) is 14.9 Å². The summed E-state index contributed by atoms with van der Waals surface area (Å²) in [4.78, 5) is 19.7. The van der Waals surface area contributed by atoms with Crippen LogP contribution < -0.4 is 0 Å². The summed E-state index contributed by atoms with van der Waals surface area (Å²) < 4.78 is 0. The normalized spacial score (nSPS) is 23.6. The molecule has 13 heavy (non-hydrogen) atoms. The fourth-order valence-corrected chi connectivity index (χ4v) is 1.81. The zero-order valence-corrected chi connectivity index (χ0v) is 7.66. The second-order valence-electron chi connectivity index (χ2n) is 3.59. The summed E-state index contributed by atoms with van der Waals surface area (Å²) in [5, 5.41) is 0. The van der Waals surface area contributed by atoms with E-state index in [1.165, 1.54) is 0 Å². The van der Waals surface area contributed by atoms with Gasteiger partial charge in [-0.1, -0.05) is 0 Å². The van der Waals surface area contributed by atoms with Crippen LogP contribution in [0.15, 0.2) is 6.20 Å². The fraction of sp³-hybridized carbons (Fsp3) is 0.556. The molecule has 0 aliphatic carbocycles. The molecule has 70 valence electrons. The number of imidazole rings is 1. The Morgan fingerprint density at radius 1 is 1.77 bits per heavy atom. The molecule has 0 spiro atoms. The number of hydrogen-bond acceptors (Lipinski definition) is 3. The van der Waals surface area contributed by atoms with Crippen LogP contribution in [0.4, 0.5) is 0 Å². The lowest BCUT2D eigenvalue weighted by Gasteiger charge is -2.07. The highest BCUT2D eigenvalue weighted by Gasteiger charge is 2.22. The minimum Gasteiger partial charge on any atom is -0.339 e. The lowest BCUT2D eigenvalue weighted by Crippen LogP contribution is -2.13. The number of carbonyl (C=O) groups is 1. The van der Waals surface area contributed by atoms with Gasteiger partial charge in [-0.15, -0.1) is 0 Å². The molecular weight excluding hydrogens is 166 g/mol. The molecule has 0 amide bonds. The average molecular weight is 179 g/mol. The van der Waals surface area contributed by atoms with Gasteiger partial charge in [-0.25, -0.2) is 4.98 Å². The molecule has 1 saturated heterocycles. The first-order chi connectivity index (χ1) is 6.29. The Morgan fingerprint density at radius 2 is 2.62 bits per heavy atom. The third-order valence-electron chi connectivity index (χ3n) is 2.56. The quantitative estimate of drug-likeness (QED) is 0.678. The summed E-state index contributed by atoms with van der Waals surface area (Å²) in [5.74, 6) is 0.954. The molecule has 2 rings (SSSR count). The Labute approximate surface area is 77.0 Å². The Morgan fingerprint density at radius 3 is 3.15 bits per heavy atom. The highest BCUT2D eigenvalue weighted by atomic mass is 16.1. The predicted molar refractivity (Wildman–Crippen MR) is 48.8 cm³/mol. The molecule has 1 atom stereocenters. The molecule has 1 aromatic rings. The van der Waals surface area contributed by atoms with Crippen LogP contribution >= 0.6 is 0 Å². The molecule has 1 unspecified atom stereocenters. The maximum atomic E-state index is 10.4. The number of nitrogens with one attached hydrogen (secondary N) is 1. The third-order valence-corrected chi connectivity index (χ3v) is 2.56. The number of H-pyrrole nitrogens is 1. The van der Waals surface area contributed by atoms with Crippen molar-refractivity contribution < 1.29 is 4.79 Å².